The van der Waals surface area contributed by atoms with Gasteiger partial charge in [-0.1, -0.05) is 24.3 Å². The molecule has 0 fully saturated rings. The average molecular weight is 352 g/mol. The fourth-order valence-corrected chi connectivity index (χ4v) is 3.10. The molecule has 6 heteroatoms. The van der Waals surface area contributed by atoms with Crippen molar-refractivity contribution in [1.29, 1.82) is 0 Å². The predicted molar refractivity (Wildman–Crippen MR) is 104 cm³/mol. The lowest BCUT2D eigenvalue weighted by molar-refractivity contribution is -0.148. The number of anilines is 2. The third-order valence-corrected chi connectivity index (χ3v) is 4.33. The molecular weight excluding hydrogens is 328 g/mol. The van der Waals surface area contributed by atoms with Crippen LogP contribution >= 0.6 is 0 Å². The number of carbonyl (C=O) groups excluding carboxylic acids is 1. The molecule has 0 bridgehead atoms. The maximum absolute atomic E-state index is 12.8. The number of hydrogen-bond acceptors (Lipinski definition) is 6. The second-order valence-corrected chi connectivity index (χ2v) is 6.67. The molecule has 136 valence electrons. The Morgan fingerprint density at radius 1 is 1.38 bits per heavy atom. The number of rotatable bonds is 5. The normalized spacial score (nSPS) is 19.1. The van der Waals surface area contributed by atoms with Crippen LogP contribution in [0, 0.1) is 0 Å². The van der Waals surface area contributed by atoms with E-state index in [4.69, 9.17) is 15.5 Å². The molecule has 0 saturated carbocycles. The van der Waals surface area contributed by atoms with Gasteiger partial charge in [-0.25, -0.2) is 9.97 Å². The molecule has 1 aliphatic rings. The molecule has 26 heavy (non-hydrogen) atoms. The Hall–Kier alpha value is -2.89. The van der Waals surface area contributed by atoms with Gasteiger partial charge in [0.1, 0.15) is 17.1 Å². The molecule has 2 aromatic rings. The third kappa shape index (κ3) is 3.27. The second-order valence-electron chi connectivity index (χ2n) is 6.67. The van der Waals surface area contributed by atoms with E-state index in [-0.39, 0.29) is 12.0 Å². The molecule has 1 aliphatic carbocycles. The fraction of sp³-hybridized carbons (Fsp3) is 0.350. The highest BCUT2D eigenvalue weighted by Gasteiger charge is 2.41. The van der Waals surface area contributed by atoms with Gasteiger partial charge in [0, 0.05) is 23.0 Å². The first-order chi connectivity index (χ1) is 12.5. The Labute approximate surface area is 153 Å². The van der Waals surface area contributed by atoms with Crippen molar-refractivity contribution in [3.63, 3.8) is 0 Å². The molecule has 0 saturated heterocycles. The van der Waals surface area contributed by atoms with Crippen molar-refractivity contribution in [2.75, 3.05) is 17.7 Å². The quantitative estimate of drug-likeness (QED) is 0.802. The summed E-state index contributed by atoms with van der Waals surface area (Å²) in [6.45, 7) is 6.20. The lowest BCUT2D eigenvalue weighted by Gasteiger charge is -2.29. The van der Waals surface area contributed by atoms with Gasteiger partial charge in [-0.2, -0.15) is 0 Å². The summed E-state index contributed by atoms with van der Waals surface area (Å²) in [6, 6.07) is 3.87. The van der Waals surface area contributed by atoms with Crippen LogP contribution in [0.5, 0.6) is 0 Å². The smallest absolute Gasteiger partial charge is 0.322 e. The molecule has 6 nitrogen and oxygen atoms in total. The number of fused-ring (bicyclic) bond motifs is 1. The first kappa shape index (κ1) is 17.9. The van der Waals surface area contributed by atoms with Crippen LogP contribution < -0.4 is 11.1 Å². The van der Waals surface area contributed by atoms with Crippen LogP contribution in [0.2, 0.25) is 0 Å². The maximum Gasteiger partial charge on any atom is 0.322 e. The summed E-state index contributed by atoms with van der Waals surface area (Å²) in [5.41, 5.74) is 5.56. The summed E-state index contributed by atoms with van der Waals surface area (Å²) in [6.07, 6.45) is 9.83. The van der Waals surface area contributed by atoms with Gasteiger partial charge in [0.2, 0.25) is 0 Å². The molecule has 0 radical (unpaired) electrons. The minimum atomic E-state index is -0.937. The number of nitrogens with two attached hydrogens (primary N) is 1. The van der Waals surface area contributed by atoms with E-state index >= 15 is 0 Å². The van der Waals surface area contributed by atoms with Crippen molar-refractivity contribution < 1.29 is 9.53 Å². The average Bonchev–Trinajstić information content (AvgIpc) is 2.62. The molecule has 0 aliphatic heterocycles. The van der Waals surface area contributed by atoms with Crippen LogP contribution in [0.15, 0.2) is 42.6 Å². The Morgan fingerprint density at radius 3 is 2.85 bits per heavy atom. The third-order valence-electron chi connectivity index (χ3n) is 4.33. The van der Waals surface area contributed by atoms with E-state index in [2.05, 4.69) is 10.3 Å². The lowest BCUT2D eigenvalue weighted by Crippen LogP contribution is -2.37. The molecular formula is C20H24N4O2. The van der Waals surface area contributed by atoms with Gasteiger partial charge in [-0.15, -0.1) is 0 Å². The minimum Gasteiger partial charge on any atom is -0.465 e. The summed E-state index contributed by atoms with van der Waals surface area (Å²) in [5.74, 6) is 0.819. The van der Waals surface area contributed by atoms with Crippen molar-refractivity contribution in [3.8, 4) is 0 Å². The Balaban J connectivity index is 2.22. The number of nitrogens with one attached hydrogen (secondary N) is 1. The monoisotopic (exact) mass is 352 g/mol. The maximum atomic E-state index is 12.8. The van der Waals surface area contributed by atoms with Crippen LogP contribution in [0.1, 0.15) is 32.9 Å². The van der Waals surface area contributed by atoms with Gasteiger partial charge >= 0.3 is 5.97 Å². The van der Waals surface area contributed by atoms with Gasteiger partial charge in [0.05, 0.1) is 12.3 Å². The molecule has 0 amide bonds. The van der Waals surface area contributed by atoms with Gasteiger partial charge in [-0.05, 0) is 39.3 Å². The van der Waals surface area contributed by atoms with Crippen molar-refractivity contribution >= 4 is 28.4 Å². The highest BCUT2D eigenvalue weighted by atomic mass is 16.5. The van der Waals surface area contributed by atoms with E-state index in [0.717, 1.165) is 10.8 Å². The van der Waals surface area contributed by atoms with E-state index in [0.29, 0.717) is 30.4 Å². The molecule has 0 aromatic carbocycles. The molecule has 3 N–H and O–H groups in total. The largest absolute Gasteiger partial charge is 0.465 e. The number of nitrogen functional groups attached to an aromatic ring is 1. The van der Waals surface area contributed by atoms with Gasteiger partial charge in [0.15, 0.2) is 0 Å². The van der Waals surface area contributed by atoms with Crippen LogP contribution in [0.4, 0.5) is 11.6 Å². The van der Waals surface area contributed by atoms with Gasteiger partial charge in [-0.3, -0.25) is 4.79 Å². The number of esters is 1. The van der Waals surface area contributed by atoms with Crippen LogP contribution in [0.3, 0.4) is 0 Å². The van der Waals surface area contributed by atoms with E-state index in [1.165, 1.54) is 0 Å². The van der Waals surface area contributed by atoms with E-state index < -0.39 is 5.41 Å². The molecule has 0 spiro atoms. The van der Waals surface area contributed by atoms with Crippen molar-refractivity contribution in [3.05, 3.63) is 48.3 Å². The van der Waals surface area contributed by atoms with Gasteiger partial charge < -0.3 is 15.8 Å². The van der Waals surface area contributed by atoms with E-state index in [1.54, 1.807) is 19.2 Å². The number of pyridine rings is 2. The van der Waals surface area contributed by atoms with Crippen LogP contribution in [0.25, 0.3) is 10.8 Å². The number of hydrogen-bond donors (Lipinski definition) is 2. The molecule has 3 rings (SSSR count). The van der Waals surface area contributed by atoms with Crippen LogP contribution in [-0.2, 0) is 14.9 Å². The lowest BCUT2D eigenvalue weighted by atomic mass is 9.78. The highest BCUT2D eigenvalue weighted by molar-refractivity contribution is 5.95. The summed E-state index contributed by atoms with van der Waals surface area (Å²) >= 11 is 0. The van der Waals surface area contributed by atoms with E-state index in [1.807, 2.05) is 44.2 Å². The van der Waals surface area contributed by atoms with Crippen molar-refractivity contribution in [2.24, 2.45) is 0 Å². The number of allylic oxidation sites excluding steroid dienone is 3. The Kier molecular flexibility index (Phi) is 4.93. The van der Waals surface area contributed by atoms with Crippen molar-refractivity contribution in [2.45, 2.75) is 38.6 Å². The Morgan fingerprint density at radius 2 is 2.19 bits per heavy atom. The van der Waals surface area contributed by atoms with Gasteiger partial charge in [0.25, 0.3) is 0 Å². The number of carbonyl (C=O) groups is 1. The topological polar surface area (TPSA) is 90.1 Å². The highest BCUT2D eigenvalue weighted by Crippen LogP contribution is 2.36. The summed E-state index contributed by atoms with van der Waals surface area (Å²) < 4.78 is 5.37. The number of aromatic nitrogens is 2. The molecule has 1 atom stereocenters. The second kappa shape index (κ2) is 7.15. The zero-order valence-electron chi connectivity index (χ0n) is 15.3. The standard InChI is InChI=1S/C20H24N4O2/c1-4-26-19(25)20(8-6-5-7-9-20)16-10-14-12-22-17(21)11-15(14)18(24-16)23-13(2)3/h5-8,10-13H,4,9H2,1-3H3,(H2,21,22)(H,23,24)/t20-/m0/s1. The van der Waals surface area contributed by atoms with Crippen molar-refractivity contribution in [1.82, 2.24) is 9.97 Å². The zero-order valence-corrected chi connectivity index (χ0v) is 15.3. The van der Waals surface area contributed by atoms with Crippen LogP contribution in [-0.4, -0.2) is 28.6 Å². The zero-order chi connectivity index (χ0) is 18.7. The summed E-state index contributed by atoms with van der Waals surface area (Å²) in [4.78, 5) is 21.8. The Bertz CT molecular complexity index is 889. The fourth-order valence-electron chi connectivity index (χ4n) is 3.10. The molecule has 0 unspecified atom stereocenters. The molecule has 2 heterocycles. The predicted octanol–water partition coefficient (Wildman–Crippen LogP) is 3.35. The SMILES string of the molecule is CCOC(=O)[C@@]1(c2cc3cnc(N)cc3c(NC(C)C)n2)C=CC=CC1. The molecule has 2 aromatic heterocycles. The number of ether oxygens (including phenoxy) is 1. The van der Waals surface area contributed by atoms with E-state index in [9.17, 15) is 4.79 Å². The first-order valence-electron chi connectivity index (χ1n) is 8.81. The summed E-state index contributed by atoms with van der Waals surface area (Å²) in [5, 5.41) is 5.11. The number of nitrogens with zero attached hydrogens (tertiary/aromatic N) is 2. The first-order valence-corrected chi connectivity index (χ1v) is 8.81. The minimum absolute atomic E-state index is 0.177. The summed E-state index contributed by atoms with van der Waals surface area (Å²) in [7, 11) is 0.